The van der Waals surface area contributed by atoms with Gasteiger partial charge in [-0.25, -0.2) is 9.25 Å². The van der Waals surface area contributed by atoms with E-state index in [4.69, 9.17) is 0 Å². The van der Waals surface area contributed by atoms with Gasteiger partial charge in [-0.2, -0.15) is 10.1 Å². The van der Waals surface area contributed by atoms with E-state index in [-0.39, 0.29) is 10.6 Å². The molecule has 0 aromatic carbocycles. The maximum Gasteiger partial charge on any atom is 0.286 e. The molecule has 3 heterocycles. The molecule has 1 aliphatic heterocycles. The van der Waals surface area contributed by atoms with E-state index in [9.17, 15) is 10.1 Å². The van der Waals surface area contributed by atoms with Gasteiger partial charge in [-0.05, 0) is 12.5 Å². The Morgan fingerprint density at radius 1 is 1.57 bits per heavy atom. The molecule has 21 heavy (non-hydrogen) atoms. The molecule has 108 valence electrons. The van der Waals surface area contributed by atoms with Crippen LogP contribution in [0.1, 0.15) is 17.2 Å². The fraction of sp³-hybridized carbons (Fsp3) is 0.308. The molecule has 0 saturated heterocycles. The first-order valence-electron chi connectivity index (χ1n) is 6.51. The molecule has 1 N–H and O–H groups in total. The second-order valence-electron chi connectivity index (χ2n) is 5.04. The summed E-state index contributed by atoms with van der Waals surface area (Å²) in [5.74, 6) is 0.518. The third-order valence-electron chi connectivity index (χ3n) is 3.60. The van der Waals surface area contributed by atoms with Crippen LogP contribution in [0.2, 0.25) is 0 Å². The summed E-state index contributed by atoms with van der Waals surface area (Å²) >= 11 is 0. The number of nitrogens with zero attached hydrogens (tertiary/aromatic N) is 5. The molecule has 1 atom stereocenters. The minimum atomic E-state index is -0.467. The van der Waals surface area contributed by atoms with Crippen LogP contribution >= 0.6 is 0 Å². The van der Waals surface area contributed by atoms with Crippen LogP contribution in [0.3, 0.4) is 0 Å². The molecule has 0 aliphatic carbocycles. The molecule has 8 nitrogen and oxygen atoms in total. The monoisotopic (exact) mass is 287 g/mol. The number of aryl methyl sites for hydroxylation is 2. The van der Waals surface area contributed by atoms with Crippen molar-refractivity contribution in [1.82, 2.24) is 14.8 Å². The van der Waals surface area contributed by atoms with Crippen molar-refractivity contribution in [2.75, 3.05) is 5.32 Å². The molecule has 2 aromatic rings. The number of pyridine rings is 1. The Morgan fingerprint density at radius 3 is 3.10 bits per heavy atom. The first kappa shape index (κ1) is 13.2. The lowest BCUT2D eigenvalue weighted by Crippen LogP contribution is -2.29. The van der Waals surface area contributed by atoms with Crippen molar-refractivity contribution in [1.29, 1.82) is 0 Å². The van der Waals surface area contributed by atoms with Gasteiger partial charge in [-0.3, -0.25) is 10.1 Å². The van der Waals surface area contributed by atoms with Crippen molar-refractivity contribution in [2.45, 2.75) is 19.4 Å². The zero-order chi connectivity index (χ0) is 15.0. The quantitative estimate of drug-likeness (QED) is 0.511. The Morgan fingerprint density at radius 2 is 2.38 bits per heavy atom. The predicted molar refractivity (Wildman–Crippen MR) is 73.8 cm³/mol. The standard InChI is InChI=1S/C13H15N6O2/c1-9-7-17(2)4-3-10(9)5-11-12(19(20)21)6-14-13-15-8-16-18(11)13/h3-4,6-8,11H,5H2,1-2H3,(H,14,15,16)/q+1/t11-/m1/s1. The predicted octanol–water partition coefficient (Wildman–Crippen LogP) is 0.738. The van der Waals surface area contributed by atoms with Crippen LogP contribution in [0.15, 0.2) is 36.7 Å². The number of aromatic nitrogens is 4. The van der Waals surface area contributed by atoms with E-state index in [1.807, 2.05) is 37.0 Å². The van der Waals surface area contributed by atoms with Crippen molar-refractivity contribution >= 4 is 5.95 Å². The number of fused-ring (bicyclic) bond motifs is 1. The van der Waals surface area contributed by atoms with Gasteiger partial charge in [0, 0.05) is 18.1 Å². The number of nitro groups is 1. The van der Waals surface area contributed by atoms with Gasteiger partial charge in [0.15, 0.2) is 18.4 Å². The van der Waals surface area contributed by atoms with E-state index >= 15 is 0 Å². The summed E-state index contributed by atoms with van der Waals surface area (Å²) in [5.41, 5.74) is 2.22. The van der Waals surface area contributed by atoms with Crippen LogP contribution in [-0.2, 0) is 13.5 Å². The minimum absolute atomic E-state index is 0.0839. The van der Waals surface area contributed by atoms with Crippen molar-refractivity contribution in [3.63, 3.8) is 0 Å². The van der Waals surface area contributed by atoms with Gasteiger partial charge in [0.25, 0.3) is 5.70 Å². The van der Waals surface area contributed by atoms with Crippen LogP contribution in [-0.4, -0.2) is 19.7 Å². The summed E-state index contributed by atoms with van der Waals surface area (Å²) in [6.07, 6.45) is 7.21. The zero-order valence-electron chi connectivity index (χ0n) is 11.7. The largest absolute Gasteiger partial charge is 0.325 e. The Hall–Kier alpha value is -2.77. The maximum atomic E-state index is 11.3. The first-order chi connectivity index (χ1) is 10.1. The van der Waals surface area contributed by atoms with E-state index in [2.05, 4.69) is 15.4 Å². The Kier molecular flexibility index (Phi) is 3.13. The lowest BCUT2D eigenvalue weighted by atomic mass is 10.0. The molecule has 3 rings (SSSR count). The third-order valence-corrected chi connectivity index (χ3v) is 3.60. The van der Waals surface area contributed by atoms with Gasteiger partial charge < -0.3 is 5.32 Å². The Labute approximate surface area is 120 Å². The Balaban J connectivity index is 1.99. The minimum Gasteiger partial charge on any atom is -0.325 e. The summed E-state index contributed by atoms with van der Waals surface area (Å²) in [7, 11) is 1.94. The number of rotatable bonds is 3. The molecule has 0 fully saturated rings. The highest BCUT2D eigenvalue weighted by atomic mass is 16.6. The Bertz CT molecular complexity index is 736. The molecule has 0 spiro atoms. The molecule has 1 aliphatic rings. The zero-order valence-corrected chi connectivity index (χ0v) is 11.7. The van der Waals surface area contributed by atoms with Crippen molar-refractivity contribution in [2.24, 2.45) is 7.05 Å². The molecule has 0 amide bonds. The average Bonchev–Trinajstić information content (AvgIpc) is 2.90. The van der Waals surface area contributed by atoms with Gasteiger partial charge >= 0.3 is 0 Å². The van der Waals surface area contributed by atoms with Gasteiger partial charge in [0.05, 0.1) is 11.1 Å². The normalized spacial score (nSPS) is 16.9. The molecule has 0 unspecified atom stereocenters. The number of nitrogens with one attached hydrogen (secondary N) is 1. The van der Waals surface area contributed by atoms with Crippen LogP contribution < -0.4 is 9.88 Å². The molecular formula is C13H15N6O2+. The average molecular weight is 287 g/mol. The van der Waals surface area contributed by atoms with E-state index in [0.717, 1.165) is 11.1 Å². The lowest BCUT2D eigenvalue weighted by molar-refractivity contribution is -0.671. The van der Waals surface area contributed by atoms with Gasteiger partial charge in [-0.15, -0.1) is 0 Å². The van der Waals surface area contributed by atoms with E-state index in [0.29, 0.717) is 12.4 Å². The molecule has 0 radical (unpaired) electrons. The third kappa shape index (κ3) is 2.35. The number of anilines is 1. The van der Waals surface area contributed by atoms with Crippen LogP contribution in [0, 0.1) is 17.0 Å². The van der Waals surface area contributed by atoms with Crippen LogP contribution in [0.4, 0.5) is 5.95 Å². The van der Waals surface area contributed by atoms with Crippen molar-refractivity contribution in [3.05, 3.63) is 57.9 Å². The first-order valence-corrected chi connectivity index (χ1v) is 6.51. The molecule has 8 heteroatoms. The summed E-state index contributed by atoms with van der Waals surface area (Å²) in [5, 5.41) is 18.2. The molecular weight excluding hydrogens is 272 g/mol. The lowest BCUT2D eigenvalue weighted by Gasteiger charge is -2.20. The second-order valence-corrected chi connectivity index (χ2v) is 5.04. The maximum absolute atomic E-state index is 11.3. The highest BCUT2D eigenvalue weighted by Gasteiger charge is 2.33. The fourth-order valence-electron chi connectivity index (χ4n) is 2.51. The van der Waals surface area contributed by atoms with Gasteiger partial charge in [-0.1, -0.05) is 0 Å². The number of hydrogen-bond donors (Lipinski definition) is 1. The highest BCUT2D eigenvalue weighted by molar-refractivity contribution is 5.36. The topological polar surface area (TPSA) is 89.8 Å². The summed E-state index contributed by atoms with van der Waals surface area (Å²) in [6, 6.07) is 1.51. The van der Waals surface area contributed by atoms with Crippen molar-refractivity contribution in [3.8, 4) is 0 Å². The molecule has 2 aromatic heterocycles. The second kappa shape index (κ2) is 4.97. The number of hydrogen-bond acceptors (Lipinski definition) is 5. The van der Waals surface area contributed by atoms with Crippen LogP contribution in [0.5, 0.6) is 0 Å². The van der Waals surface area contributed by atoms with E-state index in [1.54, 1.807) is 4.68 Å². The summed E-state index contributed by atoms with van der Waals surface area (Å²) < 4.78 is 3.51. The SMILES string of the molecule is Cc1c[n+](C)ccc1C[C@@H]1C([N+](=O)[O-])=CNc2ncnn21. The molecule has 0 saturated carbocycles. The number of allylic oxidation sites excluding steroid dienone is 1. The summed E-state index contributed by atoms with van der Waals surface area (Å²) in [4.78, 5) is 14.9. The van der Waals surface area contributed by atoms with Crippen molar-refractivity contribution < 1.29 is 9.49 Å². The van der Waals surface area contributed by atoms with Crippen LogP contribution in [0.25, 0.3) is 0 Å². The summed E-state index contributed by atoms with van der Waals surface area (Å²) in [6.45, 7) is 1.99. The smallest absolute Gasteiger partial charge is 0.286 e. The highest BCUT2D eigenvalue weighted by Crippen LogP contribution is 2.29. The van der Waals surface area contributed by atoms with E-state index in [1.165, 1.54) is 12.5 Å². The molecule has 0 bridgehead atoms. The van der Waals surface area contributed by atoms with Gasteiger partial charge in [0.1, 0.15) is 13.4 Å². The fourth-order valence-corrected chi connectivity index (χ4v) is 2.51. The van der Waals surface area contributed by atoms with E-state index < -0.39 is 6.04 Å². The van der Waals surface area contributed by atoms with Gasteiger partial charge in [0.2, 0.25) is 5.95 Å².